The van der Waals surface area contributed by atoms with Gasteiger partial charge in [-0.05, 0) is 30.9 Å². The highest BCUT2D eigenvalue weighted by molar-refractivity contribution is 7.89. The number of rotatable bonds is 7. The maximum atomic E-state index is 12.7. The molecule has 1 saturated carbocycles. The zero-order chi connectivity index (χ0) is 18.7. The van der Waals surface area contributed by atoms with E-state index in [0.29, 0.717) is 44.7 Å². The molecule has 0 bridgehead atoms. The van der Waals surface area contributed by atoms with Crippen molar-refractivity contribution in [3.05, 3.63) is 24.5 Å². The fraction of sp³-hybridized carbons (Fsp3) is 0.667. The van der Waals surface area contributed by atoms with Crippen LogP contribution in [0, 0.1) is 5.92 Å². The zero-order valence-corrected chi connectivity index (χ0v) is 16.4. The van der Waals surface area contributed by atoms with E-state index < -0.39 is 10.0 Å². The van der Waals surface area contributed by atoms with E-state index in [4.69, 9.17) is 0 Å². The second-order valence-corrected chi connectivity index (χ2v) is 9.48. The third-order valence-corrected chi connectivity index (χ3v) is 6.71. The van der Waals surface area contributed by atoms with Gasteiger partial charge in [-0.15, -0.1) is 0 Å². The molecule has 0 spiro atoms. The predicted octanol–water partition coefficient (Wildman–Crippen LogP) is 1.03. The number of sulfonamides is 1. The summed E-state index contributed by atoms with van der Waals surface area (Å²) < 4.78 is 26.8. The topological polar surface area (TPSA) is 73.8 Å². The molecule has 2 aliphatic rings. The van der Waals surface area contributed by atoms with Crippen molar-refractivity contribution >= 4 is 15.9 Å². The predicted molar refractivity (Wildman–Crippen MR) is 99.0 cm³/mol. The van der Waals surface area contributed by atoms with Crippen molar-refractivity contribution in [2.24, 2.45) is 5.92 Å². The Hall–Kier alpha value is -1.51. The van der Waals surface area contributed by atoms with E-state index in [-0.39, 0.29) is 10.8 Å². The minimum Gasteiger partial charge on any atom is -0.338 e. The van der Waals surface area contributed by atoms with Crippen LogP contribution in [0.1, 0.15) is 26.7 Å². The van der Waals surface area contributed by atoms with Gasteiger partial charge in [0.2, 0.25) is 15.9 Å². The Labute approximate surface area is 156 Å². The summed E-state index contributed by atoms with van der Waals surface area (Å²) in [5, 5.41) is 0. The van der Waals surface area contributed by atoms with Crippen LogP contribution in [0.5, 0.6) is 0 Å². The number of amides is 1. The number of piperazine rings is 1. The summed E-state index contributed by atoms with van der Waals surface area (Å²) in [5.74, 6) is 0.630. The molecule has 8 heteroatoms. The van der Waals surface area contributed by atoms with Crippen molar-refractivity contribution in [1.82, 2.24) is 19.1 Å². The third kappa shape index (κ3) is 4.61. The van der Waals surface area contributed by atoms with Crippen LogP contribution in [-0.4, -0.2) is 78.7 Å². The fourth-order valence-corrected chi connectivity index (χ4v) is 4.68. The van der Waals surface area contributed by atoms with E-state index in [1.165, 1.54) is 10.5 Å². The van der Waals surface area contributed by atoms with Gasteiger partial charge in [0.1, 0.15) is 4.90 Å². The van der Waals surface area contributed by atoms with E-state index in [1.807, 2.05) is 4.90 Å². The molecule has 0 atom stereocenters. The number of carbonyl (C=O) groups excluding carboxylic acids is 1. The molecule has 7 nitrogen and oxygen atoms in total. The molecule has 0 unspecified atom stereocenters. The lowest BCUT2D eigenvalue weighted by Gasteiger charge is -2.35. The van der Waals surface area contributed by atoms with Gasteiger partial charge in [-0.3, -0.25) is 14.7 Å². The Morgan fingerprint density at radius 1 is 1.27 bits per heavy atom. The molecule has 0 aromatic carbocycles. The van der Waals surface area contributed by atoms with Crippen molar-refractivity contribution in [3.63, 3.8) is 0 Å². The molecule has 1 aromatic rings. The van der Waals surface area contributed by atoms with Gasteiger partial charge in [-0.25, -0.2) is 8.42 Å². The molecule has 2 heterocycles. The van der Waals surface area contributed by atoms with Gasteiger partial charge in [0.05, 0.1) is 6.54 Å². The normalized spacial score (nSPS) is 19.7. The van der Waals surface area contributed by atoms with E-state index in [2.05, 4.69) is 23.7 Å². The number of nitrogens with zero attached hydrogens (tertiary/aromatic N) is 4. The largest absolute Gasteiger partial charge is 0.338 e. The first-order valence-corrected chi connectivity index (χ1v) is 10.7. The average molecular weight is 381 g/mol. The molecule has 1 aromatic heterocycles. The van der Waals surface area contributed by atoms with Gasteiger partial charge in [0.25, 0.3) is 0 Å². The van der Waals surface area contributed by atoms with Crippen LogP contribution in [0.4, 0.5) is 0 Å². The first kappa shape index (κ1) is 19.3. The van der Waals surface area contributed by atoms with Crippen LogP contribution >= 0.6 is 0 Å². The molecule has 0 N–H and O–H groups in total. The van der Waals surface area contributed by atoms with E-state index in [0.717, 1.165) is 19.4 Å². The second kappa shape index (κ2) is 8.02. The highest BCUT2D eigenvalue weighted by atomic mass is 32.2. The first-order valence-electron chi connectivity index (χ1n) is 9.30. The standard InChI is InChI=1S/C18H28N4O3S/c1-15(2)13-22(16-5-6-16)18(23)14-20-8-10-21(11-9-20)26(24,25)17-4-3-7-19-12-17/h3-4,7,12,15-16H,5-6,8-11,13-14H2,1-2H3. The Bertz CT molecular complexity index is 711. The summed E-state index contributed by atoms with van der Waals surface area (Å²) in [7, 11) is -3.50. The Morgan fingerprint density at radius 3 is 2.50 bits per heavy atom. The highest BCUT2D eigenvalue weighted by Gasteiger charge is 2.34. The summed E-state index contributed by atoms with van der Waals surface area (Å²) in [6, 6.07) is 3.61. The SMILES string of the molecule is CC(C)CN(C(=O)CN1CCN(S(=O)(=O)c2cccnc2)CC1)C1CC1. The number of carbonyl (C=O) groups is 1. The van der Waals surface area contributed by atoms with Gasteiger partial charge < -0.3 is 4.90 Å². The second-order valence-electron chi connectivity index (χ2n) is 7.54. The highest BCUT2D eigenvalue weighted by Crippen LogP contribution is 2.28. The van der Waals surface area contributed by atoms with Crippen molar-refractivity contribution in [2.45, 2.75) is 37.6 Å². The van der Waals surface area contributed by atoms with Crippen molar-refractivity contribution < 1.29 is 13.2 Å². The molecule has 26 heavy (non-hydrogen) atoms. The third-order valence-electron chi connectivity index (χ3n) is 4.83. The van der Waals surface area contributed by atoms with Gasteiger partial charge in [0, 0.05) is 51.2 Å². The van der Waals surface area contributed by atoms with E-state index in [1.54, 1.807) is 18.3 Å². The maximum Gasteiger partial charge on any atom is 0.244 e. The molecule has 1 aliphatic heterocycles. The number of hydrogen-bond donors (Lipinski definition) is 0. The molecule has 0 radical (unpaired) electrons. The van der Waals surface area contributed by atoms with Gasteiger partial charge in [0.15, 0.2) is 0 Å². The first-order chi connectivity index (χ1) is 12.4. The van der Waals surface area contributed by atoms with Crippen molar-refractivity contribution in [1.29, 1.82) is 0 Å². The summed E-state index contributed by atoms with van der Waals surface area (Å²) >= 11 is 0. The summed E-state index contributed by atoms with van der Waals surface area (Å²) in [6.45, 7) is 7.39. The van der Waals surface area contributed by atoms with Crippen LogP contribution < -0.4 is 0 Å². The number of hydrogen-bond acceptors (Lipinski definition) is 5. The molecule has 1 aliphatic carbocycles. The minimum atomic E-state index is -3.50. The molecule has 1 amide bonds. The Kier molecular flexibility index (Phi) is 5.94. The molecule has 144 valence electrons. The Balaban J connectivity index is 1.54. The smallest absolute Gasteiger partial charge is 0.244 e. The maximum absolute atomic E-state index is 12.7. The zero-order valence-electron chi connectivity index (χ0n) is 15.5. The fourth-order valence-electron chi connectivity index (χ4n) is 3.29. The number of pyridine rings is 1. The van der Waals surface area contributed by atoms with Crippen LogP contribution in [0.2, 0.25) is 0 Å². The molecule has 2 fully saturated rings. The van der Waals surface area contributed by atoms with E-state index >= 15 is 0 Å². The van der Waals surface area contributed by atoms with Crippen LogP contribution in [-0.2, 0) is 14.8 Å². The van der Waals surface area contributed by atoms with Gasteiger partial charge in [-0.1, -0.05) is 13.8 Å². The van der Waals surface area contributed by atoms with Crippen LogP contribution in [0.3, 0.4) is 0 Å². The quantitative estimate of drug-likeness (QED) is 0.707. The van der Waals surface area contributed by atoms with Gasteiger partial charge in [-0.2, -0.15) is 4.31 Å². The van der Waals surface area contributed by atoms with E-state index in [9.17, 15) is 13.2 Å². The lowest BCUT2D eigenvalue weighted by molar-refractivity contribution is -0.133. The molecular weight excluding hydrogens is 352 g/mol. The van der Waals surface area contributed by atoms with Crippen LogP contribution in [0.15, 0.2) is 29.4 Å². The molecule has 3 rings (SSSR count). The lowest BCUT2D eigenvalue weighted by Crippen LogP contribution is -2.52. The van der Waals surface area contributed by atoms with Gasteiger partial charge >= 0.3 is 0 Å². The summed E-state index contributed by atoms with van der Waals surface area (Å²) in [5.41, 5.74) is 0. The molecular formula is C18H28N4O3S. The summed E-state index contributed by atoms with van der Waals surface area (Å²) in [4.78, 5) is 20.9. The van der Waals surface area contributed by atoms with Crippen molar-refractivity contribution in [3.8, 4) is 0 Å². The number of aromatic nitrogens is 1. The lowest BCUT2D eigenvalue weighted by atomic mass is 10.2. The van der Waals surface area contributed by atoms with Crippen LogP contribution in [0.25, 0.3) is 0 Å². The average Bonchev–Trinajstić information content (AvgIpc) is 3.45. The minimum absolute atomic E-state index is 0.171. The van der Waals surface area contributed by atoms with Crippen molar-refractivity contribution in [2.75, 3.05) is 39.3 Å². The Morgan fingerprint density at radius 2 is 1.96 bits per heavy atom. The monoisotopic (exact) mass is 380 g/mol. The summed E-state index contributed by atoms with van der Waals surface area (Å²) in [6.07, 6.45) is 5.15. The molecule has 1 saturated heterocycles.